The lowest BCUT2D eigenvalue weighted by molar-refractivity contribution is 0.0958. The van der Waals surface area contributed by atoms with Gasteiger partial charge in [-0.05, 0) is 31.0 Å². The molecular weight excluding hydrogens is 400 g/mol. The van der Waals surface area contributed by atoms with Crippen LogP contribution < -0.4 is 20.6 Å². The lowest BCUT2D eigenvalue weighted by Gasteiger charge is -2.13. The number of nitrogen functional groups attached to an aromatic ring is 1. The number of nitrogens with one attached hydrogen (secondary N) is 1. The minimum atomic E-state index is -0.345. The molecule has 0 aliphatic carbocycles. The molecule has 0 aliphatic heterocycles. The molecule has 1 heterocycles. The van der Waals surface area contributed by atoms with Gasteiger partial charge in [-0.2, -0.15) is 5.10 Å². The van der Waals surface area contributed by atoms with E-state index in [0.29, 0.717) is 45.8 Å². The second kappa shape index (κ2) is 9.89. The molecule has 0 saturated heterocycles. The average Bonchev–Trinajstić information content (AvgIpc) is 3.13. The monoisotopic (exact) mass is 424 g/mol. The molecule has 0 bridgehead atoms. The fourth-order valence-electron chi connectivity index (χ4n) is 2.91. The van der Waals surface area contributed by atoms with Crippen LogP contribution in [0.2, 0.25) is 0 Å². The Bertz CT molecular complexity index is 1060. The Kier molecular flexibility index (Phi) is 7.03. The van der Waals surface area contributed by atoms with Crippen molar-refractivity contribution in [2.24, 2.45) is 5.10 Å². The zero-order chi connectivity index (χ0) is 21.5. The van der Waals surface area contributed by atoms with E-state index in [1.807, 2.05) is 50.2 Å². The standard InChI is InChI=1S/C22H24N4O3S/c1-4-17-20(30-22(23)25-17)21(27)26-24-12-16-9-6-10-18(28-3)19(16)29-13-15-8-5-7-14(2)11-15/h5-12H,4,13H2,1-3H3,(H2,23,25)(H,26,27)/b24-12-. The number of hydrogen-bond donors (Lipinski definition) is 2. The number of carbonyl (C=O) groups excluding carboxylic acids is 1. The highest BCUT2D eigenvalue weighted by Gasteiger charge is 2.15. The van der Waals surface area contributed by atoms with E-state index in [4.69, 9.17) is 15.2 Å². The van der Waals surface area contributed by atoms with E-state index in [0.717, 1.165) is 22.5 Å². The summed E-state index contributed by atoms with van der Waals surface area (Å²) in [5, 5.41) is 4.45. The third-order valence-corrected chi connectivity index (χ3v) is 5.25. The van der Waals surface area contributed by atoms with Gasteiger partial charge in [0.05, 0.1) is 19.0 Å². The van der Waals surface area contributed by atoms with Crippen molar-refractivity contribution in [1.29, 1.82) is 0 Å². The van der Waals surface area contributed by atoms with Crippen LogP contribution >= 0.6 is 11.3 Å². The lowest BCUT2D eigenvalue weighted by atomic mass is 10.1. The van der Waals surface area contributed by atoms with Crippen LogP contribution in [-0.2, 0) is 13.0 Å². The molecule has 7 nitrogen and oxygen atoms in total. The van der Waals surface area contributed by atoms with Crippen molar-refractivity contribution in [1.82, 2.24) is 10.4 Å². The third kappa shape index (κ3) is 5.15. The van der Waals surface area contributed by atoms with Crippen molar-refractivity contribution in [3.05, 3.63) is 69.7 Å². The first-order valence-corrected chi connectivity index (χ1v) is 10.3. The predicted molar refractivity (Wildman–Crippen MR) is 119 cm³/mol. The summed E-state index contributed by atoms with van der Waals surface area (Å²) in [5.41, 5.74) is 11.8. The van der Waals surface area contributed by atoms with Gasteiger partial charge in [0.15, 0.2) is 16.6 Å². The number of aryl methyl sites for hydroxylation is 2. The van der Waals surface area contributed by atoms with Gasteiger partial charge in [0.1, 0.15) is 11.5 Å². The third-order valence-electron chi connectivity index (χ3n) is 4.32. The summed E-state index contributed by atoms with van der Waals surface area (Å²) in [4.78, 5) is 17.0. The van der Waals surface area contributed by atoms with Gasteiger partial charge in [-0.15, -0.1) is 0 Å². The second-order valence-corrected chi connectivity index (χ2v) is 7.57. The number of nitrogens with two attached hydrogens (primary N) is 1. The molecular formula is C22H24N4O3S. The normalized spacial score (nSPS) is 10.9. The number of hydrogen-bond acceptors (Lipinski definition) is 7. The number of amides is 1. The predicted octanol–water partition coefficient (Wildman–Crippen LogP) is 3.95. The van der Waals surface area contributed by atoms with E-state index in [9.17, 15) is 4.79 Å². The Balaban J connectivity index is 1.75. The molecule has 0 unspecified atom stereocenters. The van der Waals surface area contributed by atoms with Gasteiger partial charge in [-0.1, -0.05) is 54.2 Å². The molecule has 3 rings (SSSR count). The van der Waals surface area contributed by atoms with E-state index in [2.05, 4.69) is 21.6 Å². The Morgan fingerprint density at radius 3 is 2.83 bits per heavy atom. The Labute approximate surface area is 179 Å². The molecule has 0 aliphatic rings. The minimum Gasteiger partial charge on any atom is -0.493 e. The van der Waals surface area contributed by atoms with E-state index >= 15 is 0 Å². The fraction of sp³-hybridized carbons (Fsp3) is 0.227. The van der Waals surface area contributed by atoms with Gasteiger partial charge in [-0.25, -0.2) is 10.4 Å². The number of hydrazone groups is 1. The number of anilines is 1. The lowest BCUT2D eigenvalue weighted by Crippen LogP contribution is -2.18. The van der Waals surface area contributed by atoms with Gasteiger partial charge in [0, 0.05) is 5.56 Å². The summed E-state index contributed by atoms with van der Waals surface area (Å²) in [5.74, 6) is 0.791. The summed E-state index contributed by atoms with van der Waals surface area (Å²) in [6.45, 7) is 4.34. The van der Waals surface area contributed by atoms with Gasteiger partial charge < -0.3 is 15.2 Å². The molecule has 0 saturated carbocycles. The van der Waals surface area contributed by atoms with Crippen LogP contribution in [0.3, 0.4) is 0 Å². The molecule has 3 aromatic rings. The number of nitrogens with zero attached hydrogens (tertiary/aromatic N) is 2. The Morgan fingerprint density at radius 2 is 2.10 bits per heavy atom. The van der Waals surface area contributed by atoms with Crippen LogP contribution in [-0.4, -0.2) is 24.2 Å². The smallest absolute Gasteiger partial charge is 0.283 e. The number of thiazole rings is 1. The molecule has 1 aromatic heterocycles. The van der Waals surface area contributed by atoms with E-state index in [-0.39, 0.29) is 5.91 Å². The molecule has 0 fully saturated rings. The maximum atomic E-state index is 12.4. The first-order valence-electron chi connectivity index (χ1n) is 9.45. The summed E-state index contributed by atoms with van der Waals surface area (Å²) in [6, 6.07) is 13.6. The van der Waals surface area contributed by atoms with Crippen molar-refractivity contribution in [3.8, 4) is 11.5 Å². The van der Waals surface area contributed by atoms with Crippen molar-refractivity contribution < 1.29 is 14.3 Å². The zero-order valence-corrected chi connectivity index (χ0v) is 18.0. The summed E-state index contributed by atoms with van der Waals surface area (Å²) in [6.07, 6.45) is 2.15. The van der Waals surface area contributed by atoms with Crippen molar-refractivity contribution in [2.75, 3.05) is 12.8 Å². The summed E-state index contributed by atoms with van der Waals surface area (Å²) in [7, 11) is 1.58. The number of aromatic nitrogens is 1. The Hall–Kier alpha value is -3.39. The number of rotatable bonds is 8. The Morgan fingerprint density at radius 1 is 1.30 bits per heavy atom. The van der Waals surface area contributed by atoms with Gasteiger partial charge >= 0.3 is 0 Å². The van der Waals surface area contributed by atoms with E-state index < -0.39 is 0 Å². The van der Waals surface area contributed by atoms with Crippen molar-refractivity contribution in [3.63, 3.8) is 0 Å². The van der Waals surface area contributed by atoms with Crippen LogP contribution in [0.15, 0.2) is 47.6 Å². The fourth-order valence-corrected chi connectivity index (χ4v) is 3.72. The van der Waals surface area contributed by atoms with Crippen LogP contribution in [0.5, 0.6) is 11.5 Å². The highest BCUT2D eigenvalue weighted by atomic mass is 32.1. The second-order valence-electron chi connectivity index (χ2n) is 6.54. The molecule has 30 heavy (non-hydrogen) atoms. The van der Waals surface area contributed by atoms with Gasteiger partial charge in [-0.3, -0.25) is 4.79 Å². The largest absolute Gasteiger partial charge is 0.493 e. The average molecular weight is 425 g/mol. The highest BCUT2D eigenvalue weighted by Crippen LogP contribution is 2.31. The minimum absolute atomic E-state index is 0.345. The van der Waals surface area contributed by atoms with Crippen molar-refractivity contribution in [2.45, 2.75) is 26.9 Å². The number of ether oxygens (including phenoxy) is 2. The summed E-state index contributed by atoms with van der Waals surface area (Å²) >= 11 is 1.15. The molecule has 0 radical (unpaired) electrons. The van der Waals surface area contributed by atoms with E-state index in [1.54, 1.807) is 7.11 Å². The SMILES string of the molecule is CCc1nc(N)sc1C(=O)N/N=C\c1cccc(OC)c1OCc1cccc(C)c1. The molecule has 156 valence electrons. The molecule has 2 aromatic carbocycles. The molecule has 3 N–H and O–H groups in total. The van der Waals surface area contributed by atoms with Crippen LogP contribution in [0.1, 0.15) is 39.0 Å². The van der Waals surface area contributed by atoms with Crippen molar-refractivity contribution >= 4 is 28.6 Å². The highest BCUT2D eigenvalue weighted by molar-refractivity contribution is 7.17. The number of para-hydroxylation sites is 1. The molecule has 0 atom stereocenters. The maximum Gasteiger partial charge on any atom is 0.283 e. The molecule has 8 heteroatoms. The molecule has 1 amide bonds. The number of carbonyl (C=O) groups is 1. The van der Waals surface area contributed by atoms with Gasteiger partial charge in [0.2, 0.25) is 0 Å². The number of methoxy groups -OCH3 is 1. The van der Waals surface area contributed by atoms with Gasteiger partial charge in [0.25, 0.3) is 5.91 Å². The van der Waals surface area contributed by atoms with E-state index in [1.165, 1.54) is 6.21 Å². The summed E-state index contributed by atoms with van der Waals surface area (Å²) < 4.78 is 11.5. The van der Waals surface area contributed by atoms with Crippen LogP contribution in [0.25, 0.3) is 0 Å². The maximum absolute atomic E-state index is 12.4. The van der Waals surface area contributed by atoms with Crippen LogP contribution in [0.4, 0.5) is 5.13 Å². The molecule has 0 spiro atoms. The first-order chi connectivity index (χ1) is 14.5. The first kappa shape index (κ1) is 21.3. The van der Waals surface area contributed by atoms with Crippen LogP contribution in [0, 0.1) is 6.92 Å². The topological polar surface area (TPSA) is 98.8 Å². The number of benzene rings is 2. The quantitative estimate of drug-likeness (QED) is 0.421. The zero-order valence-electron chi connectivity index (χ0n) is 17.1.